The number of esters is 1. The molecule has 2 heterocycles. The average molecular weight is 761 g/mol. The van der Waals surface area contributed by atoms with Gasteiger partial charge in [0, 0.05) is 36.4 Å². The molecule has 2 aliphatic heterocycles. The summed E-state index contributed by atoms with van der Waals surface area (Å²) in [6, 6.07) is 0.266. The van der Waals surface area contributed by atoms with E-state index in [1.165, 1.54) is 18.4 Å². The number of rotatable bonds is 8. The molecule has 8 nitrogen and oxygen atoms in total. The molecule has 8 aliphatic rings. The first-order chi connectivity index (χ1) is 25.9. The minimum atomic E-state index is -0.670. The molecule has 2 saturated heterocycles. The van der Waals surface area contributed by atoms with E-state index in [4.69, 9.17) is 9.47 Å². The summed E-state index contributed by atoms with van der Waals surface area (Å²) in [5, 5.41) is 0. The number of hydrogen-bond donors (Lipinski definition) is 0. The quantitative estimate of drug-likeness (QED) is 0.181. The number of Topliss-reactive ketones (excluding diaryl/α,β-unsaturated/α-hetero) is 1. The normalized spacial score (nSPS) is 44.7. The molecule has 5 saturated carbocycles. The van der Waals surface area contributed by atoms with E-state index in [0.717, 1.165) is 96.0 Å². The molecule has 0 bridgehead atoms. The first-order valence-electron chi connectivity index (χ1n) is 22.5. The fraction of sp³-hybridized carbons (Fsp3) is 0.872. The standard InChI is InChI=1S/C47H72N2O6/c1-29(2)38-33(51)26-47(41(53)49-24-12-13-30(49)27-48-22-10-11-23-48)21-20-45(8)31(39(38)47)14-15-35-44(7)18-17-36(43(5,6)34(44)16-19-46(35,45)9)55-40(52)32-25-37(54-28-50)42(32,3)4/h28-32,34-37H,10-27H2,1-9H3/t30-,31+,32+,34-,35+,36-,37+,44-,45+,46+,47+/m0/s1. The van der Waals surface area contributed by atoms with Crippen LogP contribution < -0.4 is 0 Å². The molecule has 0 radical (unpaired) electrons. The number of carbonyl (C=O) groups excluding carboxylic acids is 4. The molecule has 0 unspecified atom stereocenters. The van der Waals surface area contributed by atoms with Crippen LogP contribution in [0.15, 0.2) is 11.1 Å². The Kier molecular flexibility index (Phi) is 9.66. The van der Waals surface area contributed by atoms with Crippen LogP contribution in [0.1, 0.15) is 152 Å². The van der Waals surface area contributed by atoms with E-state index in [2.05, 4.69) is 58.3 Å². The van der Waals surface area contributed by atoms with Crippen molar-refractivity contribution in [3.63, 3.8) is 0 Å². The molecule has 8 heteroatoms. The molecule has 0 aromatic heterocycles. The van der Waals surface area contributed by atoms with Gasteiger partial charge in [-0.2, -0.15) is 0 Å². The highest BCUT2D eigenvalue weighted by Crippen LogP contribution is 2.77. The van der Waals surface area contributed by atoms with Crippen LogP contribution in [-0.2, 0) is 28.7 Å². The van der Waals surface area contributed by atoms with Crippen LogP contribution in [0.3, 0.4) is 0 Å². The highest BCUT2D eigenvalue weighted by Gasteiger charge is 2.71. The summed E-state index contributed by atoms with van der Waals surface area (Å²) >= 11 is 0. The molecule has 7 fully saturated rings. The summed E-state index contributed by atoms with van der Waals surface area (Å²) in [5.74, 6) is 1.44. The molecule has 6 aliphatic carbocycles. The summed E-state index contributed by atoms with van der Waals surface area (Å²) < 4.78 is 11.8. The van der Waals surface area contributed by atoms with Gasteiger partial charge in [0.2, 0.25) is 5.91 Å². The van der Waals surface area contributed by atoms with Crippen molar-refractivity contribution in [3.8, 4) is 0 Å². The van der Waals surface area contributed by atoms with Crippen molar-refractivity contribution < 1.29 is 28.7 Å². The average Bonchev–Trinajstić information content (AvgIpc) is 3.87. The first-order valence-corrected chi connectivity index (χ1v) is 22.5. The van der Waals surface area contributed by atoms with Crippen molar-refractivity contribution in [1.82, 2.24) is 9.80 Å². The van der Waals surface area contributed by atoms with Gasteiger partial charge in [-0.25, -0.2) is 0 Å². The van der Waals surface area contributed by atoms with Crippen LogP contribution in [-0.4, -0.2) is 78.4 Å². The van der Waals surface area contributed by atoms with E-state index < -0.39 is 10.8 Å². The Morgan fingerprint density at radius 2 is 1.53 bits per heavy atom. The smallest absolute Gasteiger partial charge is 0.310 e. The zero-order valence-electron chi connectivity index (χ0n) is 35.8. The number of hydrogen-bond acceptors (Lipinski definition) is 7. The van der Waals surface area contributed by atoms with Gasteiger partial charge in [-0.15, -0.1) is 0 Å². The minimum Gasteiger partial charge on any atom is -0.464 e. The fourth-order valence-electron chi connectivity index (χ4n) is 15.7. The Hall–Kier alpha value is -2.22. The van der Waals surface area contributed by atoms with Crippen molar-refractivity contribution in [3.05, 3.63) is 11.1 Å². The number of carbonyl (C=O) groups is 4. The van der Waals surface area contributed by atoms with Crippen molar-refractivity contribution in [2.24, 2.45) is 62.1 Å². The minimum absolute atomic E-state index is 0.00285. The third-order valence-electron chi connectivity index (χ3n) is 19.0. The summed E-state index contributed by atoms with van der Waals surface area (Å²) in [6.07, 6.45) is 13.3. The van der Waals surface area contributed by atoms with E-state index >= 15 is 4.79 Å². The van der Waals surface area contributed by atoms with Crippen LogP contribution >= 0.6 is 0 Å². The number of ketones is 1. The van der Waals surface area contributed by atoms with E-state index in [1.54, 1.807) is 0 Å². The molecule has 306 valence electrons. The van der Waals surface area contributed by atoms with Gasteiger partial charge in [-0.05, 0) is 148 Å². The zero-order valence-corrected chi connectivity index (χ0v) is 35.8. The SMILES string of the molecule is CC(C)C1=C2[C@H]3CC[C@@H]4[C@@]5(C)CC[C@H](OC(=O)[C@H]6C[C@@H](OC=O)C6(C)C)C(C)(C)[C@@H]5CC[C@@]4(C)[C@]3(C)CC[C@@]2(C(=O)N2CCC[C@H]2CN2CCCC2)CC1=O. The lowest BCUT2D eigenvalue weighted by atomic mass is 9.33. The summed E-state index contributed by atoms with van der Waals surface area (Å²) in [7, 11) is 0. The molecule has 0 N–H and O–H groups in total. The third-order valence-corrected chi connectivity index (χ3v) is 19.0. The van der Waals surface area contributed by atoms with Gasteiger partial charge >= 0.3 is 5.97 Å². The second kappa shape index (κ2) is 13.4. The fourth-order valence-corrected chi connectivity index (χ4v) is 15.7. The number of nitrogens with zero attached hydrogens (tertiary/aromatic N) is 2. The molecular formula is C47H72N2O6. The lowest BCUT2D eigenvalue weighted by Gasteiger charge is -2.72. The van der Waals surface area contributed by atoms with Crippen LogP contribution in [0.25, 0.3) is 0 Å². The van der Waals surface area contributed by atoms with Gasteiger partial charge in [0.15, 0.2) is 5.78 Å². The first kappa shape index (κ1) is 39.6. The van der Waals surface area contributed by atoms with Gasteiger partial charge in [0.25, 0.3) is 6.47 Å². The van der Waals surface area contributed by atoms with Gasteiger partial charge in [-0.3, -0.25) is 19.2 Å². The van der Waals surface area contributed by atoms with Crippen LogP contribution in [0.4, 0.5) is 0 Å². The van der Waals surface area contributed by atoms with Crippen LogP contribution in [0, 0.1) is 62.1 Å². The molecule has 0 spiro atoms. The number of allylic oxidation sites excluding steroid dienone is 1. The molecule has 0 aromatic rings. The van der Waals surface area contributed by atoms with Gasteiger partial charge < -0.3 is 19.3 Å². The maximum absolute atomic E-state index is 15.3. The van der Waals surface area contributed by atoms with Gasteiger partial charge in [-0.1, -0.05) is 62.3 Å². The summed E-state index contributed by atoms with van der Waals surface area (Å²) in [5.41, 5.74) is 1.20. The van der Waals surface area contributed by atoms with Crippen molar-refractivity contribution >= 4 is 24.1 Å². The van der Waals surface area contributed by atoms with E-state index in [0.29, 0.717) is 31.1 Å². The van der Waals surface area contributed by atoms with Crippen molar-refractivity contribution in [2.75, 3.05) is 26.2 Å². The molecule has 11 atom stereocenters. The highest BCUT2D eigenvalue weighted by molar-refractivity contribution is 6.07. The largest absolute Gasteiger partial charge is 0.464 e. The lowest BCUT2D eigenvalue weighted by Crippen LogP contribution is -2.66. The number of likely N-dealkylation sites (tertiary alicyclic amines) is 2. The van der Waals surface area contributed by atoms with E-state index in [9.17, 15) is 14.4 Å². The number of fused-ring (bicyclic) bond motifs is 7. The predicted octanol–water partition coefficient (Wildman–Crippen LogP) is 8.55. The summed E-state index contributed by atoms with van der Waals surface area (Å²) in [6.45, 7) is 25.5. The van der Waals surface area contributed by atoms with Gasteiger partial charge in [0.05, 0.1) is 11.3 Å². The van der Waals surface area contributed by atoms with Crippen molar-refractivity contribution in [1.29, 1.82) is 0 Å². The predicted molar refractivity (Wildman–Crippen MR) is 213 cm³/mol. The Morgan fingerprint density at radius 3 is 2.20 bits per heavy atom. The van der Waals surface area contributed by atoms with Crippen LogP contribution in [0.5, 0.6) is 0 Å². The Bertz CT molecular complexity index is 1630. The number of amides is 1. The Morgan fingerprint density at radius 1 is 0.800 bits per heavy atom. The Balaban J connectivity index is 1.06. The zero-order chi connectivity index (χ0) is 39.5. The highest BCUT2D eigenvalue weighted by atomic mass is 16.6. The number of ether oxygens (including phenoxy) is 2. The molecule has 8 rings (SSSR count). The molecule has 55 heavy (non-hydrogen) atoms. The van der Waals surface area contributed by atoms with E-state index in [1.807, 2.05) is 13.8 Å². The maximum Gasteiger partial charge on any atom is 0.310 e. The third kappa shape index (κ3) is 5.57. The lowest BCUT2D eigenvalue weighted by molar-refractivity contribution is -0.237. The summed E-state index contributed by atoms with van der Waals surface area (Å²) in [4.78, 5) is 59.1. The van der Waals surface area contributed by atoms with E-state index in [-0.39, 0.29) is 75.3 Å². The van der Waals surface area contributed by atoms with Crippen LogP contribution in [0.2, 0.25) is 0 Å². The monoisotopic (exact) mass is 761 g/mol. The Labute approximate surface area is 331 Å². The topological polar surface area (TPSA) is 93.2 Å². The molecule has 1 amide bonds. The second-order valence-corrected chi connectivity index (χ2v) is 22.2. The molecule has 0 aromatic carbocycles. The molecular weight excluding hydrogens is 689 g/mol. The second-order valence-electron chi connectivity index (χ2n) is 22.2. The maximum atomic E-state index is 15.3. The van der Waals surface area contributed by atoms with Gasteiger partial charge in [0.1, 0.15) is 12.2 Å². The van der Waals surface area contributed by atoms with Crippen molar-refractivity contribution in [2.45, 2.75) is 170 Å².